The summed E-state index contributed by atoms with van der Waals surface area (Å²) in [7, 11) is 0. The standard InChI is InChI=1S/C16H14N6O2/c23-22(24)13-3-1-2-12(8-13)21(15-6-7-17-10-18-15)16-9-14(19-20-16)11-4-5-11/h1-3,6-11H,4-5H2,(H,19,20). The van der Waals surface area contributed by atoms with Crippen LogP contribution in [0.5, 0.6) is 0 Å². The van der Waals surface area contributed by atoms with Gasteiger partial charge in [0.05, 0.1) is 10.6 Å². The summed E-state index contributed by atoms with van der Waals surface area (Å²) in [5.74, 6) is 1.78. The molecule has 8 heteroatoms. The molecular formula is C16H14N6O2. The Morgan fingerprint density at radius 3 is 2.79 bits per heavy atom. The number of nitro groups is 1. The van der Waals surface area contributed by atoms with Crippen LogP contribution in [-0.4, -0.2) is 25.1 Å². The van der Waals surface area contributed by atoms with E-state index in [1.807, 2.05) is 6.07 Å². The minimum Gasteiger partial charge on any atom is -0.280 e. The van der Waals surface area contributed by atoms with Crippen LogP contribution >= 0.6 is 0 Å². The highest BCUT2D eigenvalue weighted by Crippen LogP contribution is 2.41. The summed E-state index contributed by atoms with van der Waals surface area (Å²) in [5, 5.41) is 18.5. The molecule has 8 nitrogen and oxygen atoms in total. The molecule has 1 fully saturated rings. The SMILES string of the molecule is O=[N+]([O-])c1cccc(N(c2ccncn2)c2cc(C3CC3)[nH]n2)c1. The lowest BCUT2D eigenvalue weighted by Gasteiger charge is -2.20. The first-order chi connectivity index (χ1) is 11.7. The molecule has 0 radical (unpaired) electrons. The van der Waals surface area contributed by atoms with Gasteiger partial charge in [0.25, 0.3) is 5.69 Å². The number of nitrogens with zero attached hydrogens (tertiary/aromatic N) is 5. The third-order valence-electron chi connectivity index (χ3n) is 3.92. The minimum atomic E-state index is -0.415. The highest BCUT2D eigenvalue weighted by atomic mass is 16.6. The molecule has 2 heterocycles. The Morgan fingerprint density at radius 1 is 1.21 bits per heavy atom. The molecule has 4 rings (SSSR count). The number of nitro benzene ring substituents is 1. The molecule has 0 bridgehead atoms. The van der Waals surface area contributed by atoms with Crippen LogP contribution in [-0.2, 0) is 0 Å². The van der Waals surface area contributed by atoms with Crippen molar-refractivity contribution in [2.45, 2.75) is 18.8 Å². The number of nitrogens with one attached hydrogen (secondary N) is 1. The van der Waals surface area contributed by atoms with Gasteiger partial charge in [-0.15, -0.1) is 0 Å². The van der Waals surface area contributed by atoms with Crippen LogP contribution in [0.3, 0.4) is 0 Å². The molecule has 2 aromatic heterocycles. The van der Waals surface area contributed by atoms with E-state index in [9.17, 15) is 10.1 Å². The second kappa shape index (κ2) is 5.73. The number of H-pyrrole nitrogens is 1. The monoisotopic (exact) mass is 322 g/mol. The van der Waals surface area contributed by atoms with Crippen molar-refractivity contribution in [2.75, 3.05) is 4.90 Å². The van der Waals surface area contributed by atoms with Crippen molar-refractivity contribution < 1.29 is 4.92 Å². The van der Waals surface area contributed by atoms with Gasteiger partial charge in [0.2, 0.25) is 0 Å². The maximum Gasteiger partial charge on any atom is 0.271 e. The van der Waals surface area contributed by atoms with E-state index in [0.717, 1.165) is 18.5 Å². The van der Waals surface area contributed by atoms with Crippen molar-refractivity contribution in [3.63, 3.8) is 0 Å². The second-order valence-corrected chi connectivity index (χ2v) is 5.64. The normalized spacial score (nSPS) is 13.7. The van der Waals surface area contributed by atoms with Crippen LogP contribution in [0.4, 0.5) is 23.0 Å². The van der Waals surface area contributed by atoms with Crippen molar-refractivity contribution in [1.29, 1.82) is 0 Å². The fourth-order valence-electron chi connectivity index (χ4n) is 2.59. The molecular weight excluding hydrogens is 308 g/mol. The van der Waals surface area contributed by atoms with Crippen LogP contribution in [0, 0.1) is 10.1 Å². The maximum absolute atomic E-state index is 11.1. The third kappa shape index (κ3) is 2.69. The Bertz CT molecular complexity index is 875. The number of non-ortho nitro benzene ring substituents is 1. The number of rotatable bonds is 5. The van der Waals surface area contributed by atoms with Gasteiger partial charge in [-0.3, -0.25) is 20.1 Å². The zero-order chi connectivity index (χ0) is 16.5. The van der Waals surface area contributed by atoms with Crippen molar-refractivity contribution in [3.05, 3.63) is 64.7 Å². The fourth-order valence-corrected chi connectivity index (χ4v) is 2.59. The molecule has 24 heavy (non-hydrogen) atoms. The van der Waals surface area contributed by atoms with E-state index in [1.165, 1.54) is 18.5 Å². The highest BCUT2D eigenvalue weighted by molar-refractivity contribution is 5.73. The van der Waals surface area contributed by atoms with Gasteiger partial charge in [0, 0.05) is 36.0 Å². The van der Waals surface area contributed by atoms with Crippen LogP contribution in [0.15, 0.2) is 48.9 Å². The Kier molecular flexibility index (Phi) is 3.42. The van der Waals surface area contributed by atoms with Gasteiger partial charge in [-0.25, -0.2) is 9.97 Å². The fraction of sp³-hybridized carbons (Fsp3) is 0.188. The van der Waals surface area contributed by atoms with E-state index < -0.39 is 4.92 Å². The van der Waals surface area contributed by atoms with E-state index >= 15 is 0 Å². The van der Waals surface area contributed by atoms with Crippen LogP contribution in [0.2, 0.25) is 0 Å². The van der Waals surface area contributed by atoms with Crippen molar-refractivity contribution in [3.8, 4) is 0 Å². The number of hydrogen-bond donors (Lipinski definition) is 1. The first kappa shape index (κ1) is 14.3. The smallest absolute Gasteiger partial charge is 0.271 e. The molecule has 1 aromatic carbocycles. The maximum atomic E-state index is 11.1. The molecule has 3 aromatic rings. The zero-order valence-corrected chi connectivity index (χ0v) is 12.7. The van der Waals surface area contributed by atoms with Gasteiger partial charge >= 0.3 is 0 Å². The van der Waals surface area contributed by atoms with E-state index in [1.54, 1.807) is 29.3 Å². The van der Waals surface area contributed by atoms with Crippen molar-refractivity contribution >= 4 is 23.0 Å². The molecule has 0 unspecified atom stereocenters. The van der Waals surface area contributed by atoms with Gasteiger partial charge in [0.15, 0.2) is 5.82 Å². The van der Waals surface area contributed by atoms with Gasteiger partial charge < -0.3 is 0 Å². The molecule has 1 aliphatic rings. The first-order valence-electron chi connectivity index (χ1n) is 7.58. The summed E-state index contributed by atoms with van der Waals surface area (Å²) in [6.45, 7) is 0. The summed E-state index contributed by atoms with van der Waals surface area (Å²) < 4.78 is 0. The van der Waals surface area contributed by atoms with E-state index in [-0.39, 0.29) is 5.69 Å². The number of anilines is 3. The lowest BCUT2D eigenvalue weighted by atomic mass is 10.2. The number of hydrogen-bond acceptors (Lipinski definition) is 6. The largest absolute Gasteiger partial charge is 0.280 e. The van der Waals surface area contributed by atoms with Crippen LogP contribution < -0.4 is 4.90 Å². The van der Waals surface area contributed by atoms with Gasteiger partial charge in [0.1, 0.15) is 12.1 Å². The second-order valence-electron chi connectivity index (χ2n) is 5.64. The Morgan fingerprint density at radius 2 is 2.08 bits per heavy atom. The average molecular weight is 322 g/mol. The molecule has 1 N–H and O–H groups in total. The van der Waals surface area contributed by atoms with E-state index in [4.69, 9.17) is 0 Å². The number of aromatic amines is 1. The van der Waals surface area contributed by atoms with E-state index in [2.05, 4.69) is 20.2 Å². The van der Waals surface area contributed by atoms with Gasteiger partial charge in [-0.1, -0.05) is 6.07 Å². The zero-order valence-electron chi connectivity index (χ0n) is 12.7. The molecule has 120 valence electrons. The quantitative estimate of drug-likeness (QED) is 0.570. The molecule has 0 aliphatic heterocycles. The number of benzene rings is 1. The van der Waals surface area contributed by atoms with Gasteiger partial charge in [-0.2, -0.15) is 5.10 Å². The number of aromatic nitrogens is 4. The minimum absolute atomic E-state index is 0.0181. The van der Waals surface area contributed by atoms with Crippen LogP contribution in [0.25, 0.3) is 0 Å². The van der Waals surface area contributed by atoms with Crippen molar-refractivity contribution in [2.24, 2.45) is 0 Å². The molecule has 0 spiro atoms. The van der Waals surface area contributed by atoms with Gasteiger partial charge in [-0.05, 0) is 25.0 Å². The lowest BCUT2D eigenvalue weighted by Crippen LogP contribution is -2.12. The summed E-state index contributed by atoms with van der Waals surface area (Å²) in [6, 6.07) is 10.1. The molecule has 0 amide bonds. The predicted molar refractivity (Wildman–Crippen MR) is 87.5 cm³/mol. The molecule has 0 atom stereocenters. The van der Waals surface area contributed by atoms with Crippen LogP contribution in [0.1, 0.15) is 24.5 Å². The van der Waals surface area contributed by atoms with E-state index in [0.29, 0.717) is 23.2 Å². The summed E-state index contributed by atoms with van der Waals surface area (Å²) >= 11 is 0. The lowest BCUT2D eigenvalue weighted by molar-refractivity contribution is -0.384. The highest BCUT2D eigenvalue weighted by Gasteiger charge is 2.27. The topological polar surface area (TPSA) is 101 Å². The summed E-state index contributed by atoms with van der Waals surface area (Å²) in [5.41, 5.74) is 1.72. The molecule has 1 aliphatic carbocycles. The Balaban J connectivity index is 1.80. The summed E-state index contributed by atoms with van der Waals surface area (Å²) in [4.78, 5) is 20.6. The third-order valence-corrected chi connectivity index (χ3v) is 3.92. The Hall–Kier alpha value is -3.29. The summed E-state index contributed by atoms with van der Waals surface area (Å²) in [6.07, 6.45) is 5.38. The molecule has 0 saturated heterocycles. The molecule has 1 saturated carbocycles. The average Bonchev–Trinajstić information content (AvgIpc) is 3.35. The first-order valence-corrected chi connectivity index (χ1v) is 7.58. The predicted octanol–water partition coefficient (Wildman–Crippen LogP) is 3.46. The van der Waals surface area contributed by atoms with Crippen molar-refractivity contribution in [1.82, 2.24) is 20.2 Å². The Labute approximate surface area is 137 Å².